The molecule has 0 spiro atoms. The van der Waals surface area contributed by atoms with Crippen LogP contribution in [0.5, 0.6) is 0 Å². The molecule has 3 atom stereocenters. The zero-order valence-corrected chi connectivity index (χ0v) is 27.1. The Bertz CT molecular complexity index is 1680. The van der Waals surface area contributed by atoms with Gasteiger partial charge in [0.15, 0.2) is 5.67 Å². The molecule has 3 aromatic rings. The lowest BCUT2D eigenvalue weighted by Gasteiger charge is -2.50. The number of anilines is 1. The zero-order valence-electron chi connectivity index (χ0n) is 26.3. The maximum Gasteiger partial charge on any atom is 0.407 e. The van der Waals surface area contributed by atoms with Crippen molar-refractivity contribution < 1.29 is 22.3 Å². The van der Waals surface area contributed by atoms with Crippen molar-refractivity contribution in [1.82, 2.24) is 20.0 Å². The van der Waals surface area contributed by atoms with Gasteiger partial charge >= 0.3 is 6.09 Å². The van der Waals surface area contributed by atoms with Gasteiger partial charge in [-0.15, -0.1) is 0 Å². The minimum Gasteiger partial charge on any atom is -0.446 e. The summed E-state index contributed by atoms with van der Waals surface area (Å²) < 4.78 is 49.0. The quantitative estimate of drug-likeness (QED) is 0.361. The molecule has 1 N–H and O–H groups in total. The van der Waals surface area contributed by atoms with E-state index in [0.29, 0.717) is 19.6 Å². The third-order valence-electron chi connectivity index (χ3n) is 10.1. The predicted octanol–water partition coefficient (Wildman–Crippen LogP) is 4.48. The lowest BCUT2D eigenvalue weighted by Crippen LogP contribution is -2.64. The van der Waals surface area contributed by atoms with E-state index in [1.165, 1.54) is 17.1 Å². The van der Waals surface area contributed by atoms with Gasteiger partial charge in [0.1, 0.15) is 11.0 Å². The van der Waals surface area contributed by atoms with Crippen LogP contribution in [0.2, 0.25) is 0 Å². The number of likely N-dealkylation sites (tertiary alicyclic amines) is 1. The van der Waals surface area contributed by atoms with Gasteiger partial charge < -0.3 is 15.0 Å². The van der Waals surface area contributed by atoms with Crippen molar-refractivity contribution in [3.8, 4) is 6.07 Å². The highest BCUT2D eigenvalue weighted by Crippen LogP contribution is 2.51. The van der Waals surface area contributed by atoms with E-state index in [-0.39, 0.29) is 40.8 Å². The number of sulfone groups is 1. The van der Waals surface area contributed by atoms with Crippen LogP contribution >= 0.6 is 0 Å². The van der Waals surface area contributed by atoms with E-state index in [9.17, 15) is 18.5 Å². The Morgan fingerprint density at radius 2 is 1.78 bits per heavy atom. The number of hydrogen-bond acceptors (Lipinski definition) is 8. The van der Waals surface area contributed by atoms with Crippen LogP contribution in [0.1, 0.15) is 37.7 Å². The van der Waals surface area contributed by atoms with Crippen molar-refractivity contribution in [2.75, 3.05) is 44.7 Å². The van der Waals surface area contributed by atoms with Crippen molar-refractivity contribution >= 4 is 21.6 Å². The van der Waals surface area contributed by atoms with Crippen LogP contribution in [0.4, 0.5) is 14.9 Å². The van der Waals surface area contributed by atoms with Crippen LogP contribution in [0.15, 0.2) is 76.8 Å². The molecule has 3 heterocycles. The first-order valence-electron chi connectivity index (χ1n) is 15.9. The van der Waals surface area contributed by atoms with Crippen LogP contribution in [-0.2, 0) is 27.0 Å². The van der Waals surface area contributed by atoms with Gasteiger partial charge in [0.25, 0.3) is 0 Å². The van der Waals surface area contributed by atoms with E-state index in [1.807, 2.05) is 35.2 Å². The van der Waals surface area contributed by atoms with Gasteiger partial charge in [-0.05, 0) is 80.9 Å². The molecule has 244 valence electrons. The Labute approximate surface area is 270 Å². The lowest BCUT2D eigenvalue weighted by atomic mass is 9.59. The molecule has 0 radical (unpaired) electrons. The number of piperidine rings is 1. The summed E-state index contributed by atoms with van der Waals surface area (Å²) in [6, 6.07) is 19.2. The Kier molecular flexibility index (Phi) is 8.83. The summed E-state index contributed by atoms with van der Waals surface area (Å²) in [5.41, 5.74) is -0.440. The Morgan fingerprint density at radius 3 is 2.39 bits per heavy atom. The first kappa shape index (κ1) is 32.0. The molecule has 1 unspecified atom stereocenters. The van der Waals surface area contributed by atoms with E-state index in [4.69, 9.17) is 4.74 Å². The normalized spacial score (nSPS) is 23.2. The van der Waals surface area contributed by atoms with E-state index in [0.717, 1.165) is 43.4 Å². The first-order valence-corrected chi connectivity index (χ1v) is 17.4. The number of carbonyl (C=O) groups excluding carboxylic acids is 1. The van der Waals surface area contributed by atoms with Gasteiger partial charge in [-0.1, -0.05) is 30.3 Å². The number of aromatic nitrogens is 2. The molecule has 46 heavy (non-hydrogen) atoms. The Balaban J connectivity index is 1.09. The fraction of sp³-hybridized carbons (Fsp3) is 0.500. The Morgan fingerprint density at radius 1 is 1.09 bits per heavy atom. The minimum absolute atomic E-state index is 0.0462. The molecule has 10 nitrogen and oxygen atoms in total. The second-order valence-corrected chi connectivity index (χ2v) is 14.9. The van der Waals surface area contributed by atoms with Gasteiger partial charge in [0.05, 0.1) is 35.7 Å². The van der Waals surface area contributed by atoms with Gasteiger partial charge in [-0.25, -0.2) is 17.6 Å². The van der Waals surface area contributed by atoms with E-state index in [2.05, 4.69) is 21.4 Å². The van der Waals surface area contributed by atoms with Crippen molar-refractivity contribution in [3.63, 3.8) is 0 Å². The summed E-state index contributed by atoms with van der Waals surface area (Å²) in [6.45, 7) is 2.13. The molecule has 3 fully saturated rings. The van der Waals surface area contributed by atoms with Crippen molar-refractivity contribution in [3.05, 3.63) is 72.6 Å². The second kappa shape index (κ2) is 12.7. The average molecular weight is 649 g/mol. The standard InChI is InChI=1S/C34H41FN6O4S/c1-37-32(42)45-31-10-6-9-30(31)34(21-36,25-7-4-3-5-8-25)26-15-17-40(18-16-26)22-33(35)23-41(24-33)27-11-13-28(14-12-27)46(43,44)29-19-38-39(2)20-29/h3-5,7-8,11-14,19-20,26,30-31H,6,9-10,15-18,22-24H2,1-2H3,(H,37,42)/t30-,31-,34?/m0/s1. The summed E-state index contributed by atoms with van der Waals surface area (Å²) in [5, 5.41) is 17.4. The maximum atomic E-state index is 15.9. The summed E-state index contributed by atoms with van der Waals surface area (Å²) >= 11 is 0. The van der Waals surface area contributed by atoms with E-state index in [1.54, 1.807) is 38.4 Å². The molecule has 1 amide bonds. The van der Waals surface area contributed by atoms with Gasteiger partial charge in [0, 0.05) is 38.4 Å². The number of alkyl halides is 1. The molecule has 1 saturated carbocycles. The highest BCUT2D eigenvalue weighted by Gasteiger charge is 2.54. The number of nitrogens with one attached hydrogen (secondary N) is 1. The molecule has 1 aromatic heterocycles. The number of hydrogen-bond donors (Lipinski definition) is 1. The van der Waals surface area contributed by atoms with Crippen LogP contribution in [0.3, 0.4) is 0 Å². The van der Waals surface area contributed by atoms with Crippen molar-refractivity contribution in [2.24, 2.45) is 18.9 Å². The minimum atomic E-state index is -3.67. The van der Waals surface area contributed by atoms with Gasteiger partial charge in [-0.3, -0.25) is 9.58 Å². The smallest absolute Gasteiger partial charge is 0.407 e. The number of aryl methyl sites for hydroxylation is 1. The topological polar surface area (TPSA) is 121 Å². The molecule has 12 heteroatoms. The summed E-state index contributed by atoms with van der Waals surface area (Å²) in [5.74, 6) is -0.0721. The zero-order chi connectivity index (χ0) is 32.5. The first-order chi connectivity index (χ1) is 22.1. The van der Waals surface area contributed by atoms with Crippen LogP contribution < -0.4 is 10.2 Å². The number of amides is 1. The number of ether oxygens (including phenoxy) is 1. The molecular weight excluding hydrogens is 607 g/mol. The number of nitrogens with zero attached hydrogens (tertiary/aromatic N) is 5. The largest absolute Gasteiger partial charge is 0.446 e. The summed E-state index contributed by atoms with van der Waals surface area (Å²) in [7, 11) is -0.458. The molecular formula is C34H41FN6O4S. The number of halogens is 1. The number of benzene rings is 2. The number of alkyl carbamates (subject to hydrolysis) is 1. The number of carbonyl (C=O) groups is 1. The monoisotopic (exact) mass is 648 g/mol. The van der Waals surface area contributed by atoms with E-state index >= 15 is 4.39 Å². The predicted molar refractivity (Wildman–Crippen MR) is 171 cm³/mol. The van der Waals surface area contributed by atoms with Crippen LogP contribution in [0, 0.1) is 23.2 Å². The molecule has 0 bridgehead atoms. The number of rotatable bonds is 9. The van der Waals surface area contributed by atoms with Crippen LogP contribution in [0.25, 0.3) is 0 Å². The van der Waals surface area contributed by atoms with Crippen molar-refractivity contribution in [1.29, 1.82) is 5.26 Å². The maximum absolute atomic E-state index is 15.9. The van der Waals surface area contributed by atoms with E-state index < -0.39 is 27.0 Å². The lowest BCUT2D eigenvalue weighted by molar-refractivity contribution is 0.0165. The molecule has 6 rings (SSSR count). The highest BCUT2D eigenvalue weighted by atomic mass is 32.2. The number of nitriles is 1. The van der Waals surface area contributed by atoms with Gasteiger partial charge in [-0.2, -0.15) is 10.4 Å². The average Bonchev–Trinajstić information content (AvgIpc) is 3.71. The third kappa shape index (κ3) is 5.98. The fourth-order valence-electron chi connectivity index (χ4n) is 7.87. The molecule has 2 aromatic carbocycles. The third-order valence-corrected chi connectivity index (χ3v) is 11.9. The van der Waals surface area contributed by atoms with Crippen LogP contribution in [-0.4, -0.2) is 80.7 Å². The molecule has 2 saturated heterocycles. The van der Waals surface area contributed by atoms with Gasteiger partial charge in [0.2, 0.25) is 9.84 Å². The Hall–Kier alpha value is -3.95. The van der Waals surface area contributed by atoms with Crippen molar-refractivity contribution in [2.45, 2.75) is 59.1 Å². The summed E-state index contributed by atoms with van der Waals surface area (Å²) in [4.78, 5) is 16.6. The summed E-state index contributed by atoms with van der Waals surface area (Å²) in [6.07, 6.45) is 5.92. The molecule has 1 aliphatic carbocycles. The second-order valence-electron chi connectivity index (χ2n) is 13.0. The SMILES string of the molecule is CNC(=O)O[C@H]1CCC[C@@H]1C(C#N)(c1ccccc1)C1CCN(CC2(F)CN(c3ccc(S(=O)(=O)c4cnn(C)c4)cc3)C2)CC1. The molecule has 2 aliphatic heterocycles. The highest BCUT2D eigenvalue weighted by molar-refractivity contribution is 7.91. The fourth-order valence-corrected chi connectivity index (χ4v) is 9.11. The molecule has 3 aliphatic rings.